The third kappa shape index (κ3) is 3.40. The van der Waals surface area contributed by atoms with Crippen molar-refractivity contribution in [1.82, 2.24) is 0 Å². The van der Waals surface area contributed by atoms with Crippen LogP contribution in [0.25, 0.3) is 0 Å². The Labute approximate surface area is 179 Å². The van der Waals surface area contributed by atoms with Crippen LogP contribution in [0.4, 0.5) is 11.4 Å². The minimum absolute atomic E-state index is 0.157. The Morgan fingerprint density at radius 2 is 1.61 bits per heavy atom. The molecule has 0 radical (unpaired) electrons. The topological polar surface area (TPSA) is 92.8 Å². The predicted octanol–water partition coefficient (Wildman–Crippen LogP) is 3.02. The number of fused-ring (bicyclic) bond motifs is 5. The number of rotatable bonds is 5. The second kappa shape index (κ2) is 7.65. The van der Waals surface area contributed by atoms with Crippen molar-refractivity contribution >= 4 is 35.1 Å². The maximum atomic E-state index is 13.0. The standard InChI is InChI=1S/C24H22N2O5/c27-19(25-17-6-2-1-3-7-17)13-31-24(30)16-5-4-8-18(12-16)26-22(28)20-14-9-10-15(11-14)21(20)23(26)29/h1-8,12,14-15,20-21H,9-11,13H2,(H,25,27)/t14-,15-,20+,21+/m0/s1. The summed E-state index contributed by atoms with van der Waals surface area (Å²) in [4.78, 5) is 51.7. The molecule has 7 nitrogen and oxygen atoms in total. The summed E-state index contributed by atoms with van der Waals surface area (Å²) in [5.41, 5.74) is 1.17. The average Bonchev–Trinajstić information content (AvgIpc) is 3.46. The molecule has 4 atom stereocenters. The first-order valence-electron chi connectivity index (χ1n) is 10.5. The summed E-state index contributed by atoms with van der Waals surface area (Å²) in [7, 11) is 0. The second-order valence-electron chi connectivity index (χ2n) is 8.44. The number of carbonyl (C=O) groups excluding carboxylic acids is 4. The van der Waals surface area contributed by atoms with Gasteiger partial charge >= 0.3 is 5.97 Å². The number of hydrogen-bond acceptors (Lipinski definition) is 5. The molecular formula is C24H22N2O5. The van der Waals surface area contributed by atoms with Crippen molar-refractivity contribution in [2.75, 3.05) is 16.8 Å². The van der Waals surface area contributed by atoms with E-state index in [9.17, 15) is 19.2 Å². The summed E-state index contributed by atoms with van der Waals surface area (Å²) in [5.74, 6) is -1.30. The lowest BCUT2D eigenvalue weighted by molar-refractivity contribution is -0.123. The van der Waals surface area contributed by atoms with Crippen molar-refractivity contribution in [1.29, 1.82) is 0 Å². The molecule has 0 aromatic heterocycles. The smallest absolute Gasteiger partial charge is 0.338 e. The summed E-state index contributed by atoms with van der Waals surface area (Å²) >= 11 is 0. The molecule has 1 N–H and O–H groups in total. The fourth-order valence-corrected chi connectivity index (χ4v) is 5.37. The van der Waals surface area contributed by atoms with Crippen LogP contribution in [0.5, 0.6) is 0 Å². The molecule has 3 amide bonds. The lowest BCUT2D eigenvalue weighted by Gasteiger charge is -2.19. The first-order valence-corrected chi connectivity index (χ1v) is 10.5. The minimum atomic E-state index is -0.690. The third-order valence-corrected chi connectivity index (χ3v) is 6.66. The maximum Gasteiger partial charge on any atom is 0.338 e. The number of benzene rings is 2. The quantitative estimate of drug-likeness (QED) is 0.595. The minimum Gasteiger partial charge on any atom is -0.452 e. The first-order chi connectivity index (χ1) is 15.0. The Kier molecular flexibility index (Phi) is 4.81. The summed E-state index contributed by atoms with van der Waals surface area (Å²) in [6.45, 7) is -0.437. The summed E-state index contributed by atoms with van der Waals surface area (Å²) < 4.78 is 5.11. The van der Waals surface area contributed by atoms with E-state index in [0.717, 1.165) is 19.3 Å². The van der Waals surface area contributed by atoms with Gasteiger partial charge in [-0.05, 0) is 61.4 Å². The van der Waals surface area contributed by atoms with Crippen LogP contribution < -0.4 is 10.2 Å². The van der Waals surface area contributed by atoms with Crippen LogP contribution in [-0.4, -0.2) is 30.3 Å². The number of imide groups is 1. The van der Waals surface area contributed by atoms with E-state index in [1.165, 1.54) is 17.0 Å². The fourth-order valence-electron chi connectivity index (χ4n) is 5.37. The lowest BCUT2D eigenvalue weighted by Crippen LogP contribution is -2.32. The molecule has 31 heavy (non-hydrogen) atoms. The molecule has 3 aliphatic rings. The fraction of sp³-hybridized carbons (Fsp3) is 0.333. The van der Waals surface area contributed by atoms with Gasteiger partial charge in [0.05, 0.1) is 23.1 Å². The summed E-state index contributed by atoms with van der Waals surface area (Å²) in [6, 6.07) is 15.1. The van der Waals surface area contributed by atoms with Crippen LogP contribution in [0.1, 0.15) is 29.6 Å². The Hall–Kier alpha value is -3.48. The van der Waals surface area contributed by atoms with Crippen molar-refractivity contribution in [3.8, 4) is 0 Å². The van der Waals surface area contributed by atoms with Gasteiger partial charge in [-0.1, -0.05) is 24.3 Å². The van der Waals surface area contributed by atoms with E-state index < -0.39 is 18.5 Å². The highest BCUT2D eigenvalue weighted by molar-refractivity contribution is 6.22. The molecule has 5 rings (SSSR count). The molecular weight excluding hydrogens is 396 g/mol. The Morgan fingerprint density at radius 3 is 2.29 bits per heavy atom. The molecule has 0 spiro atoms. The summed E-state index contributed by atoms with van der Waals surface area (Å²) in [6.07, 6.45) is 2.99. The zero-order chi connectivity index (χ0) is 21.5. The molecule has 2 aliphatic carbocycles. The van der Waals surface area contributed by atoms with Crippen LogP contribution in [-0.2, 0) is 19.1 Å². The van der Waals surface area contributed by atoms with Crippen molar-refractivity contribution < 1.29 is 23.9 Å². The van der Waals surface area contributed by atoms with Crippen molar-refractivity contribution in [3.05, 3.63) is 60.2 Å². The Bertz CT molecular complexity index is 1040. The van der Waals surface area contributed by atoms with Gasteiger partial charge in [0.25, 0.3) is 5.91 Å². The molecule has 158 valence electrons. The molecule has 7 heteroatoms. The average molecular weight is 418 g/mol. The SMILES string of the molecule is O=C(COC(=O)c1cccc(N2C(=O)[C@@H]3[C@H]4CC[C@@H](C4)[C@H]3C2=O)c1)Nc1ccccc1. The largest absolute Gasteiger partial charge is 0.452 e. The van der Waals surface area contributed by atoms with Crippen LogP contribution in [0.2, 0.25) is 0 Å². The van der Waals surface area contributed by atoms with Gasteiger partial charge in [0.15, 0.2) is 6.61 Å². The Balaban J connectivity index is 1.26. The van der Waals surface area contributed by atoms with E-state index in [0.29, 0.717) is 23.2 Å². The highest BCUT2D eigenvalue weighted by Crippen LogP contribution is 2.56. The number of anilines is 2. The number of esters is 1. The number of hydrogen-bond donors (Lipinski definition) is 1. The van der Waals surface area contributed by atoms with Gasteiger partial charge < -0.3 is 10.1 Å². The third-order valence-electron chi connectivity index (χ3n) is 6.66. The second-order valence-corrected chi connectivity index (χ2v) is 8.44. The number of para-hydroxylation sites is 1. The molecule has 2 bridgehead atoms. The molecule has 3 fully saturated rings. The number of carbonyl (C=O) groups is 4. The number of ether oxygens (including phenoxy) is 1. The van der Waals surface area contributed by atoms with Gasteiger partial charge in [0.2, 0.25) is 11.8 Å². The van der Waals surface area contributed by atoms with Crippen molar-refractivity contribution in [2.24, 2.45) is 23.7 Å². The number of nitrogens with one attached hydrogen (secondary N) is 1. The number of nitrogens with zero attached hydrogens (tertiary/aromatic N) is 1. The molecule has 1 heterocycles. The first kappa shape index (κ1) is 19.5. The monoisotopic (exact) mass is 418 g/mol. The highest BCUT2D eigenvalue weighted by Gasteiger charge is 2.61. The van der Waals surface area contributed by atoms with Gasteiger partial charge in [0.1, 0.15) is 0 Å². The van der Waals surface area contributed by atoms with E-state index in [-0.39, 0.29) is 29.2 Å². The molecule has 1 saturated heterocycles. The van der Waals surface area contributed by atoms with E-state index in [1.807, 2.05) is 6.07 Å². The van der Waals surface area contributed by atoms with Gasteiger partial charge in [-0.2, -0.15) is 0 Å². The number of amides is 3. The van der Waals surface area contributed by atoms with Gasteiger partial charge in [-0.3, -0.25) is 19.3 Å². The predicted molar refractivity (Wildman–Crippen MR) is 112 cm³/mol. The zero-order valence-corrected chi connectivity index (χ0v) is 16.8. The molecule has 1 aliphatic heterocycles. The van der Waals surface area contributed by atoms with Gasteiger partial charge in [-0.15, -0.1) is 0 Å². The van der Waals surface area contributed by atoms with E-state index in [4.69, 9.17) is 4.74 Å². The molecule has 2 aromatic carbocycles. The Morgan fingerprint density at radius 1 is 0.935 bits per heavy atom. The molecule has 0 unspecified atom stereocenters. The van der Waals surface area contributed by atoms with E-state index in [1.54, 1.807) is 36.4 Å². The van der Waals surface area contributed by atoms with Crippen LogP contribution in [0.3, 0.4) is 0 Å². The van der Waals surface area contributed by atoms with Gasteiger partial charge in [0, 0.05) is 5.69 Å². The molecule has 2 aromatic rings. The van der Waals surface area contributed by atoms with Crippen molar-refractivity contribution in [3.63, 3.8) is 0 Å². The van der Waals surface area contributed by atoms with Crippen LogP contribution in [0.15, 0.2) is 54.6 Å². The van der Waals surface area contributed by atoms with Gasteiger partial charge in [-0.25, -0.2) is 4.79 Å². The highest BCUT2D eigenvalue weighted by atomic mass is 16.5. The lowest BCUT2D eigenvalue weighted by atomic mass is 9.81. The maximum absolute atomic E-state index is 13.0. The molecule has 2 saturated carbocycles. The summed E-state index contributed by atoms with van der Waals surface area (Å²) in [5, 5.41) is 2.64. The van der Waals surface area contributed by atoms with E-state index in [2.05, 4.69) is 5.32 Å². The van der Waals surface area contributed by atoms with Crippen molar-refractivity contribution in [2.45, 2.75) is 19.3 Å². The van der Waals surface area contributed by atoms with E-state index >= 15 is 0 Å². The van der Waals surface area contributed by atoms with Crippen LogP contribution in [0, 0.1) is 23.7 Å². The zero-order valence-electron chi connectivity index (χ0n) is 16.8. The van der Waals surface area contributed by atoms with Crippen LogP contribution >= 0.6 is 0 Å². The normalized spacial score (nSPS) is 26.1.